The van der Waals surface area contributed by atoms with Crippen LogP contribution in [0.1, 0.15) is 37.7 Å². The van der Waals surface area contributed by atoms with Gasteiger partial charge in [-0.1, -0.05) is 43.0 Å². The normalized spacial score (nSPS) is 14.5. The third-order valence-corrected chi connectivity index (χ3v) is 5.58. The summed E-state index contributed by atoms with van der Waals surface area (Å²) in [6, 6.07) is 11.4. The fraction of sp³-hybridized carbons (Fsp3) is 0.304. The molecule has 1 aliphatic rings. The molecule has 156 valence electrons. The van der Waals surface area contributed by atoms with Crippen molar-refractivity contribution in [2.45, 2.75) is 44.7 Å². The molecule has 0 amide bonds. The Morgan fingerprint density at radius 3 is 2.67 bits per heavy atom. The molecule has 4 rings (SSSR count). The summed E-state index contributed by atoms with van der Waals surface area (Å²) in [7, 11) is 0. The molecule has 30 heavy (non-hydrogen) atoms. The molecule has 1 aliphatic carbocycles. The molecular formula is C23H23ClF2N4. The summed E-state index contributed by atoms with van der Waals surface area (Å²) in [5.41, 5.74) is 1.92. The molecule has 1 fully saturated rings. The first-order valence-corrected chi connectivity index (χ1v) is 10.5. The third-order valence-electron chi connectivity index (χ3n) is 5.28. The summed E-state index contributed by atoms with van der Waals surface area (Å²) < 4.78 is 27.7. The van der Waals surface area contributed by atoms with E-state index in [9.17, 15) is 8.78 Å². The maximum atomic E-state index is 14.3. The zero-order valence-corrected chi connectivity index (χ0v) is 17.2. The summed E-state index contributed by atoms with van der Waals surface area (Å²) in [6.07, 6.45) is 7.57. The maximum absolute atomic E-state index is 14.3. The number of rotatable bonds is 6. The van der Waals surface area contributed by atoms with E-state index in [1.807, 2.05) is 6.07 Å². The minimum atomic E-state index is -0.485. The summed E-state index contributed by atoms with van der Waals surface area (Å²) in [4.78, 5) is 8.80. The molecule has 7 heteroatoms. The highest BCUT2D eigenvalue weighted by atomic mass is 35.5. The zero-order valence-electron chi connectivity index (χ0n) is 16.5. The largest absolute Gasteiger partial charge is 0.367 e. The molecule has 2 N–H and O–H groups in total. The van der Waals surface area contributed by atoms with Gasteiger partial charge in [0.25, 0.3) is 0 Å². The first-order chi connectivity index (χ1) is 14.6. The Morgan fingerprint density at radius 2 is 1.87 bits per heavy atom. The Bertz CT molecular complexity index is 1020. The van der Waals surface area contributed by atoms with E-state index < -0.39 is 5.82 Å². The fourth-order valence-corrected chi connectivity index (χ4v) is 3.92. The molecular weight excluding hydrogens is 406 g/mol. The Morgan fingerprint density at radius 1 is 1.03 bits per heavy atom. The number of aromatic nitrogens is 2. The van der Waals surface area contributed by atoms with E-state index in [0.717, 1.165) is 18.7 Å². The smallest absolute Gasteiger partial charge is 0.165 e. The SMILES string of the molecule is Fc1cccc(CNc2nc(-c3cc(NC4CCCCC4)ncc3Cl)ccc2F)c1. The highest BCUT2D eigenvalue weighted by molar-refractivity contribution is 6.33. The Kier molecular flexibility index (Phi) is 6.43. The highest BCUT2D eigenvalue weighted by Crippen LogP contribution is 2.30. The van der Waals surface area contributed by atoms with Crippen molar-refractivity contribution in [2.24, 2.45) is 0 Å². The number of hydrogen-bond acceptors (Lipinski definition) is 4. The van der Waals surface area contributed by atoms with E-state index in [4.69, 9.17) is 11.6 Å². The van der Waals surface area contributed by atoms with Crippen LogP contribution in [-0.2, 0) is 6.54 Å². The highest BCUT2D eigenvalue weighted by Gasteiger charge is 2.16. The van der Waals surface area contributed by atoms with Gasteiger partial charge < -0.3 is 10.6 Å². The molecule has 0 radical (unpaired) electrons. The second kappa shape index (κ2) is 9.39. The van der Waals surface area contributed by atoms with Gasteiger partial charge in [-0.05, 0) is 48.7 Å². The molecule has 0 spiro atoms. The van der Waals surface area contributed by atoms with Crippen molar-refractivity contribution in [3.8, 4) is 11.3 Å². The van der Waals surface area contributed by atoms with Crippen LogP contribution in [0.25, 0.3) is 11.3 Å². The van der Waals surface area contributed by atoms with Gasteiger partial charge in [-0.2, -0.15) is 0 Å². The second-order valence-corrected chi connectivity index (χ2v) is 7.95. The monoisotopic (exact) mass is 428 g/mol. The van der Waals surface area contributed by atoms with Crippen LogP contribution in [0.4, 0.5) is 20.4 Å². The van der Waals surface area contributed by atoms with Crippen LogP contribution >= 0.6 is 11.6 Å². The van der Waals surface area contributed by atoms with Gasteiger partial charge in [0, 0.05) is 24.3 Å². The van der Waals surface area contributed by atoms with Gasteiger partial charge in [-0.3, -0.25) is 0 Å². The van der Waals surface area contributed by atoms with E-state index in [1.54, 1.807) is 24.4 Å². The Hall–Kier alpha value is -2.73. The van der Waals surface area contributed by atoms with Crippen LogP contribution in [0, 0.1) is 11.6 Å². The van der Waals surface area contributed by atoms with Gasteiger partial charge in [-0.15, -0.1) is 0 Å². The average Bonchev–Trinajstić information content (AvgIpc) is 2.75. The van der Waals surface area contributed by atoms with Gasteiger partial charge in [0.1, 0.15) is 11.6 Å². The second-order valence-electron chi connectivity index (χ2n) is 7.54. The van der Waals surface area contributed by atoms with Gasteiger partial charge in [-0.25, -0.2) is 18.7 Å². The van der Waals surface area contributed by atoms with E-state index in [1.165, 1.54) is 37.5 Å². The van der Waals surface area contributed by atoms with Crippen molar-refractivity contribution in [1.82, 2.24) is 9.97 Å². The molecule has 2 aromatic heterocycles. The third kappa shape index (κ3) is 5.05. The standard InChI is InChI=1S/C23H23ClF2N4/c24-19-14-27-22(29-17-7-2-1-3-8-17)12-18(19)21-10-9-20(26)23(30-21)28-13-15-5-4-6-16(25)11-15/h4-6,9-12,14,17H,1-3,7-8,13H2,(H,27,29)(H,28,30). The van der Waals surface area contributed by atoms with Crippen molar-refractivity contribution in [3.05, 3.63) is 70.9 Å². The Labute approximate surface area is 179 Å². The number of hydrogen-bond donors (Lipinski definition) is 2. The van der Waals surface area contributed by atoms with Crippen LogP contribution in [-0.4, -0.2) is 16.0 Å². The molecule has 0 unspecified atom stereocenters. The lowest BCUT2D eigenvalue weighted by atomic mass is 9.95. The Balaban J connectivity index is 1.54. The molecule has 1 saturated carbocycles. The fourth-order valence-electron chi connectivity index (χ4n) is 3.72. The number of halogens is 3. The molecule has 0 atom stereocenters. The summed E-state index contributed by atoms with van der Waals surface area (Å²) in [5.74, 6) is 0.00653. The number of benzene rings is 1. The van der Waals surface area contributed by atoms with Gasteiger partial charge >= 0.3 is 0 Å². The minimum Gasteiger partial charge on any atom is -0.367 e. The molecule has 1 aromatic carbocycles. The number of anilines is 2. The molecule has 4 nitrogen and oxygen atoms in total. The quantitative estimate of drug-likeness (QED) is 0.474. The molecule has 0 saturated heterocycles. The number of nitrogens with zero attached hydrogens (tertiary/aromatic N) is 2. The predicted octanol–water partition coefficient (Wildman–Crippen LogP) is 6.43. The van der Waals surface area contributed by atoms with Crippen molar-refractivity contribution >= 4 is 23.2 Å². The molecule has 3 aromatic rings. The molecule has 0 bridgehead atoms. The van der Waals surface area contributed by atoms with Crippen LogP contribution < -0.4 is 10.6 Å². The van der Waals surface area contributed by atoms with Crippen LogP contribution in [0.15, 0.2) is 48.7 Å². The van der Waals surface area contributed by atoms with Gasteiger partial charge in [0.05, 0.1) is 10.7 Å². The summed E-state index contributed by atoms with van der Waals surface area (Å²) in [6.45, 7) is 0.254. The number of nitrogens with one attached hydrogen (secondary N) is 2. The van der Waals surface area contributed by atoms with Crippen LogP contribution in [0.2, 0.25) is 5.02 Å². The molecule has 0 aliphatic heterocycles. The molecule has 2 heterocycles. The van der Waals surface area contributed by atoms with Crippen LogP contribution in [0.5, 0.6) is 0 Å². The van der Waals surface area contributed by atoms with Crippen molar-refractivity contribution < 1.29 is 8.78 Å². The number of pyridine rings is 2. The first-order valence-electron chi connectivity index (χ1n) is 10.2. The first kappa shape index (κ1) is 20.5. The van der Waals surface area contributed by atoms with E-state index in [2.05, 4.69) is 20.6 Å². The van der Waals surface area contributed by atoms with E-state index >= 15 is 0 Å². The van der Waals surface area contributed by atoms with Gasteiger partial charge in [0.15, 0.2) is 11.6 Å². The zero-order chi connectivity index (χ0) is 20.9. The van der Waals surface area contributed by atoms with Gasteiger partial charge in [0.2, 0.25) is 0 Å². The predicted molar refractivity (Wildman–Crippen MR) is 117 cm³/mol. The van der Waals surface area contributed by atoms with Crippen molar-refractivity contribution in [2.75, 3.05) is 10.6 Å². The average molecular weight is 429 g/mol. The lowest BCUT2D eigenvalue weighted by molar-refractivity contribution is 0.462. The minimum absolute atomic E-state index is 0.0893. The van der Waals surface area contributed by atoms with Crippen LogP contribution in [0.3, 0.4) is 0 Å². The lowest BCUT2D eigenvalue weighted by Crippen LogP contribution is -2.22. The van der Waals surface area contributed by atoms with Crippen molar-refractivity contribution in [1.29, 1.82) is 0 Å². The van der Waals surface area contributed by atoms with E-state index in [0.29, 0.717) is 27.9 Å². The van der Waals surface area contributed by atoms with E-state index in [-0.39, 0.29) is 18.2 Å². The van der Waals surface area contributed by atoms with Crippen molar-refractivity contribution in [3.63, 3.8) is 0 Å². The lowest BCUT2D eigenvalue weighted by Gasteiger charge is -2.23. The maximum Gasteiger partial charge on any atom is 0.165 e. The summed E-state index contributed by atoms with van der Waals surface area (Å²) >= 11 is 6.37. The topological polar surface area (TPSA) is 49.8 Å². The summed E-state index contributed by atoms with van der Waals surface area (Å²) in [5, 5.41) is 6.86.